The van der Waals surface area contributed by atoms with Crippen molar-refractivity contribution < 1.29 is 4.79 Å². The molecule has 0 saturated heterocycles. The lowest BCUT2D eigenvalue weighted by Crippen LogP contribution is -2.27. The van der Waals surface area contributed by atoms with Crippen molar-refractivity contribution >= 4 is 12.0 Å². The Morgan fingerprint density at radius 1 is 1.44 bits per heavy atom. The third-order valence-electron chi connectivity index (χ3n) is 3.44. The van der Waals surface area contributed by atoms with Gasteiger partial charge in [0.1, 0.15) is 6.29 Å². The van der Waals surface area contributed by atoms with E-state index in [1.54, 1.807) is 0 Å². The van der Waals surface area contributed by atoms with Crippen LogP contribution in [0, 0.1) is 5.41 Å². The van der Waals surface area contributed by atoms with Crippen molar-refractivity contribution in [2.45, 2.75) is 19.3 Å². The first-order chi connectivity index (χ1) is 7.69. The van der Waals surface area contributed by atoms with Gasteiger partial charge in [-0.25, -0.2) is 0 Å². The maximum absolute atomic E-state index is 11.3. The summed E-state index contributed by atoms with van der Waals surface area (Å²) < 4.78 is 0. The van der Waals surface area contributed by atoms with Gasteiger partial charge in [0.05, 0.1) is 0 Å². The van der Waals surface area contributed by atoms with E-state index in [0.717, 1.165) is 37.8 Å². The van der Waals surface area contributed by atoms with Gasteiger partial charge in [-0.15, -0.1) is 0 Å². The van der Waals surface area contributed by atoms with E-state index in [4.69, 9.17) is 5.73 Å². The quantitative estimate of drug-likeness (QED) is 0.589. The predicted octanol–water partition coefficient (Wildman–Crippen LogP) is 1.16. The first-order valence-corrected chi connectivity index (χ1v) is 5.67. The van der Waals surface area contributed by atoms with Gasteiger partial charge in [-0.1, -0.05) is 6.07 Å². The number of nitrogens with two attached hydrogens (primary N) is 1. The van der Waals surface area contributed by atoms with Crippen LogP contribution in [0.1, 0.15) is 17.5 Å². The van der Waals surface area contributed by atoms with Crippen molar-refractivity contribution in [3.05, 3.63) is 29.3 Å². The molecule has 0 amide bonds. The Bertz CT molecular complexity index is 403. The van der Waals surface area contributed by atoms with Gasteiger partial charge in [-0.3, -0.25) is 0 Å². The lowest BCUT2D eigenvalue weighted by Gasteiger charge is -2.21. The van der Waals surface area contributed by atoms with Gasteiger partial charge < -0.3 is 15.8 Å². The molecule has 2 rings (SSSR count). The highest BCUT2D eigenvalue weighted by molar-refractivity contribution is 5.65. The zero-order valence-corrected chi connectivity index (χ0v) is 9.62. The maximum atomic E-state index is 11.3. The molecule has 3 nitrogen and oxygen atoms in total. The van der Waals surface area contributed by atoms with Crippen molar-refractivity contribution in [3.8, 4) is 0 Å². The minimum Gasteiger partial charge on any atom is -0.399 e. The predicted molar refractivity (Wildman–Crippen MR) is 65.3 cm³/mol. The number of nitrogen functional groups attached to an aromatic ring is 1. The summed E-state index contributed by atoms with van der Waals surface area (Å²) in [7, 11) is 1.92. The second-order valence-corrected chi connectivity index (χ2v) is 4.72. The third kappa shape index (κ3) is 1.95. The van der Waals surface area contributed by atoms with E-state index in [9.17, 15) is 4.79 Å². The molecule has 0 spiro atoms. The van der Waals surface area contributed by atoms with Crippen LogP contribution in [0.3, 0.4) is 0 Å². The van der Waals surface area contributed by atoms with E-state index in [2.05, 4.69) is 11.4 Å². The Hall–Kier alpha value is -1.35. The normalized spacial score (nSPS) is 23.1. The summed E-state index contributed by atoms with van der Waals surface area (Å²) in [6.45, 7) is 0.877. The number of fused-ring (bicyclic) bond motifs is 1. The molecule has 1 aliphatic carbocycles. The van der Waals surface area contributed by atoms with Gasteiger partial charge >= 0.3 is 0 Å². The highest BCUT2D eigenvalue weighted by Crippen LogP contribution is 2.38. The van der Waals surface area contributed by atoms with E-state index < -0.39 is 0 Å². The molecule has 3 N–H and O–H groups in total. The fourth-order valence-electron chi connectivity index (χ4n) is 2.50. The smallest absolute Gasteiger partial charge is 0.126 e. The summed E-state index contributed by atoms with van der Waals surface area (Å²) in [4.78, 5) is 11.3. The Morgan fingerprint density at radius 2 is 2.19 bits per heavy atom. The number of benzene rings is 1. The number of hydrogen-bond acceptors (Lipinski definition) is 3. The minimum absolute atomic E-state index is 0.209. The lowest BCUT2D eigenvalue weighted by molar-refractivity contribution is -0.116. The molecule has 0 aliphatic heterocycles. The van der Waals surface area contributed by atoms with Crippen LogP contribution in [0.25, 0.3) is 0 Å². The van der Waals surface area contributed by atoms with Crippen LogP contribution in [0.4, 0.5) is 5.69 Å². The van der Waals surface area contributed by atoms with Crippen molar-refractivity contribution in [2.75, 3.05) is 19.3 Å². The molecular weight excluding hydrogens is 200 g/mol. The zero-order valence-electron chi connectivity index (χ0n) is 9.62. The molecule has 1 atom stereocenters. The monoisotopic (exact) mass is 218 g/mol. The summed E-state index contributed by atoms with van der Waals surface area (Å²) >= 11 is 0. The van der Waals surface area contributed by atoms with Gasteiger partial charge in [0.25, 0.3) is 0 Å². The third-order valence-corrected chi connectivity index (χ3v) is 3.44. The minimum atomic E-state index is -0.209. The highest BCUT2D eigenvalue weighted by Gasteiger charge is 2.36. The van der Waals surface area contributed by atoms with E-state index in [0.29, 0.717) is 0 Å². The second kappa shape index (κ2) is 4.26. The van der Waals surface area contributed by atoms with Gasteiger partial charge in [-0.05, 0) is 56.1 Å². The summed E-state index contributed by atoms with van der Waals surface area (Å²) in [6, 6.07) is 5.97. The standard InChI is InChI=1S/C13H18N2O/c1-15-5-4-13(9-16)7-10-2-3-12(14)6-11(10)8-13/h2-3,6,9,15H,4-5,7-8,14H2,1H3. The zero-order chi connectivity index (χ0) is 11.6. The summed E-state index contributed by atoms with van der Waals surface area (Å²) in [5, 5.41) is 3.11. The summed E-state index contributed by atoms with van der Waals surface area (Å²) in [5.41, 5.74) is 8.85. The molecule has 1 aromatic carbocycles. The van der Waals surface area contributed by atoms with Gasteiger partial charge in [0.15, 0.2) is 0 Å². The number of carbonyl (C=O) groups is 1. The molecular formula is C13H18N2O. The van der Waals surface area contributed by atoms with Crippen LogP contribution < -0.4 is 11.1 Å². The topological polar surface area (TPSA) is 55.1 Å². The number of carbonyl (C=O) groups excluding carboxylic acids is 1. The molecule has 0 saturated carbocycles. The number of hydrogen-bond donors (Lipinski definition) is 2. The highest BCUT2D eigenvalue weighted by atomic mass is 16.1. The fraction of sp³-hybridized carbons (Fsp3) is 0.462. The number of anilines is 1. The molecule has 1 aromatic rings. The second-order valence-electron chi connectivity index (χ2n) is 4.72. The Labute approximate surface area is 96.0 Å². The Morgan fingerprint density at radius 3 is 2.88 bits per heavy atom. The van der Waals surface area contributed by atoms with Crippen molar-refractivity contribution in [1.82, 2.24) is 5.32 Å². The SMILES string of the molecule is CNCCC1(C=O)Cc2ccc(N)cc2C1. The van der Waals surface area contributed by atoms with Crippen LogP contribution in [0.2, 0.25) is 0 Å². The molecule has 0 bridgehead atoms. The number of rotatable bonds is 4. The number of aldehydes is 1. The van der Waals surface area contributed by atoms with Crippen LogP contribution in [0.5, 0.6) is 0 Å². The van der Waals surface area contributed by atoms with Gasteiger partial charge in [0.2, 0.25) is 0 Å². The average Bonchev–Trinajstić information content (AvgIpc) is 2.65. The van der Waals surface area contributed by atoms with Crippen LogP contribution in [-0.2, 0) is 17.6 Å². The maximum Gasteiger partial charge on any atom is 0.126 e. The lowest BCUT2D eigenvalue weighted by atomic mass is 9.83. The van der Waals surface area contributed by atoms with Crippen molar-refractivity contribution in [1.29, 1.82) is 0 Å². The molecule has 1 aliphatic rings. The number of nitrogens with one attached hydrogen (secondary N) is 1. The largest absolute Gasteiger partial charge is 0.399 e. The summed E-state index contributed by atoms with van der Waals surface area (Å²) in [6.07, 6.45) is 3.70. The molecule has 0 fully saturated rings. The van der Waals surface area contributed by atoms with Gasteiger partial charge in [-0.2, -0.15) is 0 Å². The average molecular weight is 218 g/mol. The van der Waals surface area contributed by atoms with Crippen molar-refractivity contribution in [3.63, 3.8) is 0 Å². The van der Waals surface area contributed by atoms with Crippen LogP contribution in [0.15, 0.2) is 18.2 Å². The van der Waals surface area contributed by atoms with E-state index in [-0.39, 0.29) is 5.41 Å². The van der Waals surface area contributed by atoms with E-state index in [1.807, 2.05) is 19.2 Å². The molecule has 1 unspecified atom stereocenters. The fourth-order valence-corrected chi connectivity index (χ4v) is 2.50. The Kier molecular flexibility index (Phi) is 2.97. The van der Waals surface area contributed by atoms with Crippen LogP contribution in [-0.4, -0.2) is 19.9 Å². The molecule has 86 valence electrons. The first kappa shape index (κ1) is 11.1. The molecule has 0 radical (unpaired) electrons. The van der Waals surface area contributed by atoms with Crippen molar-refractivity contribution in [2.24, 2.45) is 5.41 Å². The van der Waals surface area contributed by atoms with Gasteiger partial charge in [0, 0.05) is 11.1 Å². The molecule has 0 heterocycles. The Balaban J connectivity index is 2.21. The van der Waals surface area contributed by atoms with E-state index in [1.165, 1.54) is 11.1 Å². The van der Waals surface area contributed by atoms with E-state index >= 15 is 0 Å². The summed E-state index contributed by atoms with van der Waals surface area (Å²) in [5.74, 6) is 0. The molecule has 3 heteroatoms. The van der Waals surface area contributed by atoms with Crippen LogP contribution >= 0.6 is 0 Å². The molecule has 0 aromatic heterocycles. The molecule has 16 heavy (non-hydrogen) atoms. The first-order valence-electron chi connectivity index (χ1n) is 5.67.